The van der Waals surface area contributed by atoms with Gasteiger partial charge in [0.25, 0.3) is 5.91 Å². The molecule has 0 aliphatic rings. The number of anilines is 1. The maximum atomic E-state index is 12.5. The van der Waals surface area contributed by atoms with Gasteiger partial charge in [-0.3, -0.25) is 4.79 Å². The molecule has 0 fully saturated rings. The van der Waals surface area contributed by atoms with Crippen molar-refractivity contribution < 1.29 is 9.53 Å². The molecule has 3 nitrogen and oxygen atoms in total. The molecule has 122 valence electrons. The van der Waals surface area contributed by atoms with E-state index in [4.69, 9.17) is 16.3 Å². The van der Waals surface area contributed by atoms with E-state index in [1.807, 2.05) is 41.8 Å². The Hall–Kier alpha value is -2.30. The molecule has 0 saturated heterocycles. The van der Waals surface area contributed by atoms with Gasteiger partial charge >= 0.3 is 0 Å². The Kier molecular flexibility index (Phi) is 5.18. The molecule has 1 aromatic heterocycles. The summed E-state index contributed by atoms with van der Waals surface area (Å²) in [5, 5.41) is 5.53. The summed E-state index contributed by atoms with van der Waals surface area (Å²) >= 11 is 7.57. The summed E-state index contributed by atoms with van der Waals surface area (Å²) in [6, 6.07) is 18.8. The zero-order valence-electron chi connectivity index (χ0n) is 13.0. The lowest BCUT2D eigenvalue weighted by molar-refractivity contribution is -0.122. The molecule has 0 aliphatic heterocycles. The minimum atomic E-state index is -0.639. The largest absolute Gasteiger partial charge is 0.481 e. The second kappa shape index (κ2) is 7.51. The van der Waals surface area contributed by atoms with Gasteiger partial charge in [-0.15, -0.1) is 11.3 Å². The molecule has 0 radical (unpaired) electrons. The van der Waals surface area contributed by atoms with Crippen LogP contribution < -0.4 is 10.1 Å². The molecule has 3 aromatic rings. The van der Waals surface area contributed by atoms with Crippen LogP contribution in [0, 0.1) is 0 Å². The van der Waals surface area contributed by atoms with Crippen LogP contribution in [0.3, 0.4) is 0 Å². The van der Waals surface area contributed by atoms with Crippen molar-refractivity contribution in [1.29, 1.82) is 0 Å². The number of halogens is 1. The van der Waals surface area contributed by atoms with E-state index in [-0.39, 0.29) is 5.91 Å². The quantitative estimate of drug-likeness (QED) is 0.657. The van der Waals surface area contributed by atoms with Crippen molar-refractivity contribution in [3.8, 4) is 16.2 Å². The first-order valence-corrected chi connectivity index (χ1v) is 8.75. The van der Waals surface area contributed by atoms with Gasteiger partial charge in [-0.05, 0) is 42.6 Å². The minimum Gasteiger partial charge on any atom is -0.481 e. The van der Waals surface area contributed by atoms with Gasteiger partial charge in [-0.2, -0.15) is 0 Å². The molecular formula is C19H16ClNO2S. The monoisotopic (exact) mass is 357 g/mol. The Labute approximate surface area is 149 Å². The maximum absolute atomic E-state index is 12.5. The molecule has 0 unspecified atom stereocenters. The number of nitrogens with one attached hydrogen (secondary N) is 1. The summed E-state index contributed by atoms with van der Waals surface area (Å²) < 4.78 is 5.67. The lowest BCUT2D eigenvalue weighted by atomic mass is 10.1. The standard InChI is InChI=1S/C19H16ClNO2S/c1-13(23-15-7-4-6-14(20)12-15)19(22)21-17-9-3-2-8-16(17)18-10-5-11-24-18/h2-13H,1H3,(H,21,22)/t13-/m1/s1. The number of para-hydroxylation sites is 1. The smallest absolute Gasteiger partial charge is 0.265 e. The summed E-state index contributed by atoms with van der Waals surface area (Å²) in [6.07, 6.45) is -0.639. The fourth-order valence-electron chi connectivity index (χ4n) is 2.27. The van der Waals surface area contributed by atoms with Crippen LogP contribution in [0.5, 0.6) is 5.75 Å². The fraction of sp³-hybridized carbons (Fsp3) is 0.105. The minimum absolute atomic E-state index is 0.209. The lowest BCUT2D eigenvalue weighted by Gasteiger charge is -2.16. The van der Waals surface area contributed by atoms with Gasteiger partial charge in [0.15, 0.2) is 6.10 Å². The topological polar surface area (TPSA) is 38.3 Å². The van der Waals surface area contributed by atoms with Gasteiger partial charge in [0.1, 0.15) is 5.75 Å². The van der Waals surface area contributed by atoms with Gasteiger partial charge in [0, 0.05) is 21.2 Å². The third-order valence-electron chi connectivity index (χ3n) is 3.45. The Balaban J connectivity index is 1.73. The predicted molar refractivity (Wildman–Crippen MR) is 99.9 cm³/mol. The van der Waals surface area contributed by atoms with Gasteiger partial charge in [0.05, 0.1) is 0 Å². The molecular weight excluding hydrogens is 342 g/mol. The number of hydrogen-bond acceptors (Lipinski definition) is 3. The first kappa shape index (κ1) is 16.6. The third-order valence-corrected chi connectivity index (χ3v) is 4.59. The number of carbonyl (C=O) groups is 1. The van der Waals surface area contributed by atoms with Crippen molar-refractivity contribution >= 4 is 34.5 Å². The second-order valence-corrected chi connectivity index (χ2v) is 6.61. The number of hydrogen-bond donors (Lipinski definition) is 1. The number of thiophene rings is 1. The molecule has 0 bridgehead atoms. The van der Waals surface area contributed by atoms with Gasteiger partial charge < -0.3 is 10.1 Å². The zero-order chi connectivity index (χ0) is 16.9. The molecule has 24 heavy (non-hydrogen) atoms. The molecule has 0 aliphatic carbocycles. The van der Waals surface area contributed by atoms with Crippen molar-refractivity contribution in [3.63, 3.8) is 0 Å². The first-order chi connectivity index (χ1) is 11.6. The Bertz CT molecular complexity index is 833. The Morgan fingerprint density at radius 1 is 1.12 bits per heavy atom. The van der Waals surface area contributed by atoms with E-state index in [1.165, 1.54) is 0 Å². The van der Waals surface area contributed by atoms with Crippen molar-refractivity contribution in [2.45, 2.75) is 13.0 Å². The van der Waals surface area contributed by atoms with Crippen LogP contribution >= 0.6 is 22.9 Å². The molecule has 1 N–H and O–H groups in total. The maximum Gasteiger partial charge on any atom is 0.265 e. The van der Waals surface area contributed by atoms with Crippen LogP contribution in [0.4, 0.5) is 5.69 Å². The predicted octanol–water partition coefficient (Wildman–Crippen LogP) is 5.47. The van der Waals surface area contributed by atoms with E-state index in [0.717, 1.165) is 16.1 Å². The lowest BCUT2D eigenvalue weighted by Crippen LogP contribution is -2.30. The van der Waals surface area contributed by atoms with Crippen LogP contribution in [-0.4, -0.2) is 12.0 Å². The highest BCUT2D eigenvalue weighted by Crippen LogP contribution is 2.31. The van der Waals surface area contributed by atoms with Crippen molar-refractivity contribution in [3.05, 3.63) is 71.1 Å². The third kappa shape index (κ3) is 3.96. The number of rotatable bonds is 5. The van der Waals surface area contributed by atoms with Crippen LogP contribution in [-0.2, 0) is 4.79 Å². The van der Waals surface area contributed by atoms with E-state index < -0.39 is 6.10 Å². The average Bonchev–Trinajstić information content (AvgIpc) is 3.09. The summed E-state index contributed by atoms with van der Waals surface area (Å²) in [6.45, 7) is 1.71. The molecule has 0 spiro atoms. The average molecular weight is 358 g/mol. The molecule has 1 heterocycles. The normalized spacial score (nSPS) is 11.8. The highest BCUT2D eigenvalue weighted by Gasteiger charge is 2.17. The molecule has 3 rings (SSSR count). The SMILES string of the molecule is C[C@@H](Oc1cccc(Cl)c1)C(=O)Nc1ccccc1-c1cccs1. The van der Waals surface area contributed by atoms with Gasteiger partial charge in [-0.25, -0.2) is 0 Å². The first-order valence-electron chi connectivity index (χ1n) is 7.49. The van der Waals surface area contributed by atoms with Crippen molar-refractivity contribution in [1.82, 2.24) is 0 Å². The zero-order valence-corrected chi connectivity index (χ0v) is 14.6. The van der Waals surface area contributed by atoms with E-state index in [1.54, 1.807) is 42.5 Å². The molecule has 1 amide bonds. The van der Waals surface area contributed by atoms with Gasteiger partial charge in [0.2, 0.25) is 0 Å². The Morgan fingerprint density at radius 2 is 1.96 bits per heavy atom. The summed E-state index contributed by atoms with van der Waals surface area (Å²) in [7, 11) is 0. The van der Waals surface area contributed by atoms with Crippen LogP contribution in [0.2, 0.25) is 5.02 Å². The summed E-state index contributed by atoms with van der Waals surface area (Å²) in [4.78, 5) is 13.6. The van der Waals surface area contributed by atoms with Crippen LogP contribution in [0.1, 0.15) is 6.92 Å². The fourth-order valence-corrected chi connectivity index (χ4v) is 3.22. The molecule has 5 heteroatoms. The molecule has 1 atom stereocenters. The number of benzene rings is 2. The Morgan fingerprint density at radius 3 is 2.71 bits per heavy atom. The van der Waals surface area contributed by atoms with Crippen LogP contribution in [0.25, 0.3) is 10.4 Å². The van der Waals surface area contributed by atoms with Gasteiger partial charge in [-0.1, -0.05) is 41.9 Å². The van der Waals surface area contributed by atoms with E-state index in [0.29, 0.717) is 10.8 Å². The molecule has 0 saturated carbocycles. The van der Waals surface area contributed by atoms with Crippen molar-refractivity contribution in [2.75, 3.05) is 5.32 Å². The van der Waals surface area contributed by atoms with Crippen LogP contribution in [0.15, 0.2) is 66.0 Å². The highest BCUT2D eigenvalue weighted by atomic mass is 35.5. The molecule has 2 aromatic carbocycles. The second-order valence-electron chi connectivity index (χ2n) is 5.23. The van der Waals surface area contributed by atoms with Crippen molar-refractivity contribution in [2.24, 2.45) is 0 Å². The summed E-state index contributed by atoms with van der Waals surface area (Å²) in [5.74, 6) is 0.357. The highest BCUT2D eigenvalue weighted by molar-refractivity contribution is 7.13. The number of amides is 1. The van der Waals surface area contributed by atoms with E-state index in [2.05, 4.69) is 5.32 Å². The summed E-state index contributed by atoms with van der Waals surface area (Å²) in [5.41, 5.74) is 1.77. The number of carbonyl (C=O) groups excluding carboxylic acids is 1. The number of ether oxygens (including phenoxy) is 1. The van der Waals surface area contributed by atoms with E-state index in [9.17, 15) is 4.79 Å². The van der Waals surface area contributed by atoms with E-state index >= 15 is 0 Å².